The molecule has 4 aromatic carbocycles. The lowest BCUT2D eigenvalue weighted by Gasteiger charge is -2.32. The Bertz CT molecular complexity index is 1570. The van der Waals surface area contributed by atoms with Gasteiger partial charge in [-0.15, -0.1) is 0 Å². The summed E-state index contributed by atoms with van der Waals surface area (Å²) >= 11 is 0. The van der Waals surface area contributed by atoms with Crippen molar-refractivity contribution in [2.45, 2.75) is 38.8 Å². The first-order chi connectivity index (χ1) is 19.9. The number of benzene rings is 4. The maximum absolute atomic E-state index is 12.9. The number of para-hydroxylation sites is 1. The van der Waals surface area contributed by atoms with Crippen LogP contribution in [0.1, 0.15) is 22.3 Å². The van der Waals surface area contributed by atoms with E-state index in [-0.39, 0.29) is 12.0 Å². The van der Waals surface area contributed by atoms with Crippen LogP contribution in [0.4, 0.5) is 5.69 Å². The molecule has 0 unspecified atom stereocenters. The van der Waals surface area contributed by atoms with Crippen molar-refractivity contribution in [3.05, 3.63) is 126 Å². The lowest BCUT2D eigenvalue weighted by molar-refractivity contribution is -0.143. The van der Waals surface area contributed by atoms with Gasteiger partial charge in [0, 0.05) is 48.8 Å². The molecular formula is C36H39N3O2. The van der Waals surface area contributed by atoms with E-state index in [9.17, 15) is 4.79 Å². The van der Waals surface area contributed by atoms with Crippen LogP contribution in [0.15, 0.2) is 103 Å². The van der Waals surface area contributed by atoms with Crippen LogP contribution in [-0.4, -0.2) is 43.7 Å². The van der Waals surface area contributed by atoms with E-state index in [4.69, 9.17) is 4.74 Å². The number of hydrogen-bond acceptors (Lipinski definition) is 4. The fourth-order valence-corrected chi connectivity index (χ4v) is 5.63. The van der Waals surface area contributed by atoms with Gasteiger partial charge in [-0.25, -0.2) is 0 Å². The molecule has 5 aromatic rings. The molecule has 1 heterocycles. The third kappa shape index (κ3) is 6.87. The first kappa shape index (κ1) is 28.2. The molecular weight excluding hydrogens is 506 g/mol. The lowest BCUT2D eigenvalue weighted by atomic mass is 9.99. The second kappa shape index (κ2) is 12.9. The Morgan fingerprint density at radius 2 is 1.51 bits per heavy atom. The van der Waals surface area contributed by atoms with Crippen LogP contribution in [0.5, 0.6) is 0 Å². The molecule has 1 aromatic heterocycles. The summed E-state index contributed by atoms with van der Waals surface area (Å²) in [6.07, 6.45) is 3.37. The number of ether oxygens (including phenoxy) is 1. The predicted molar refractivity (Wildman–Crippen MR) is 169 cm³/mol. The number of nitrogens with one attached hydrogen (secondary N) is 2. The summed E-state index contributed by atoms with van der Waals surface area (Å²) in [6, 6.07) is 33.7. The van der Waals surface area contributed by atoms with E-state index in [2.05, 4.69) is 115 Å². The molecule has 41 heavy (non-hydrogen) atoms. The molecule has 2 atom stereocenters. The van der Waals surface area contributed by atoms with E-state index in [1.165, 1.54) is 40.6 Å². The van der Waals surface area contributed by atoms with Gasteiger partial charge in [-0.1, -0.05) is 78.9 Å². The second-order valence-electron chi connectivity index (χ2n) is 10.9. The second-order valence-corrected chi connectivity index (χ2v) is 10.9. The molecule has 5 rings (SSSR count). The minimum absolute atomic E-state index is 0.105. The summed E-state index contributed by atoms with van der Waals surface area (Å²) in [5.41, 5.74) is 9.46. The number of carbonyl (C=O) groups is 1. The zero-order chi connectivity index (χ0) is 28.8. The number of aromatic nitrogens is 1. The molecule has 0 fully saturated rings. The third-order valence-corrected chi connectivity index (χ3v) is 7.88. The molecule has 0 aliphatic rings. The van der Waals surface area contributed by atoms with Gasteiger partial charge in [0.1, 0.15) is 6.04 Å². The molecule has 0 aliphatic carbocycles. The standard InChI is InChI=1S/C36H39N3O2/c1-25-18-26(2)20-31(19-25)39(3)32(21-27-14-16-29(17-15-27)28-10-6-5-7-11-28)24-38-35(36(40)41-4)22-30-23-37-34-13-9-8-12-33(30)34/h5-20,23,32,35,37-38H,21-22,24H2,1-4H3/t32-,35+/m1/s1. The van der Waals surface area contributed by atoms with Gasteiger partial charge in [0.2, 0.25) is 0 Å². The zero-order valence-electron chi connectivity index (χ0n) is 24.4. The Kier molecular flexibility index (Phi) is 8.85. The average molecular weight is 546 g/mol. The number of H-pyrrole nitrogens is 1. The van der Waals surface area contributed by atoms with Crippen molar-refractivity contribution in [2.24, 2.45) is 0 Å². The number of fused-ring (bicyclic) bond motifs is 1. The summed E-state index contributed by atoms with van der Waals surface area (Å²) in [6.45, 7) is 4.88. The molecule has 0 aliphatic heterocycles. The summed E-state index contributed by atoms with van der Waals surface area (Å²) in [5.74, 6) is -0.254. The first-order valence-electron chi connectivity index (χ1n) is 14.2. The van der Waals surface area contributed by atoms with Crippen molar-refractivity contribution in [1.82, 2.24) is 10.3 Å². The van der Waals surface area contributed by atoms with E-state index in [1.54, 1.807) is 0 Å². The monoisotopic (exact) mass is 545 g/mol. The van der Waals surface area contributed by atoms with Gasteiger partial charge in [-0.2, -0.15) is 0 Å². The van der Waals surface area contributed by atoms with Crippen LogP contribution in [0.3, 0.4) is 0 Å². The number of likely N-dealkylation sites (N-methyl/N-ethyl adjacent to an activating group) is 1. The minimum Gasteiger partial charge on any atom is -0.468 e. The molecule has 5 nitrogen and oxygen atoms in total. The molecule has 0 bridgehead atoms. The van der Waals surface area contributed by atoms with Crippen LogP contribution < -0.4 is 10.2 Å². The van der Waals surface area contributed by atoms with E-state index in [1.807, 2.05) is 24.4 Å². The lowest BCUT2D eigenvalue weighted by Crippen LogP contribution is -2.48. The molecule has 5 heteroatoms. The maximum Gasteiger partial charge on any atom is 0.323 e. The molecule has 0 radical (unpaired) electrons. The number of anilines is 1. The largest absolute Gasteiger partial charge is 0.468 e. The van der Waals surface area contributed by atoms with E-state index >= 15 is 0 Å². The Labute approximate surface area is 243 Å². The SMILES string of the molecule is COC(=O)[C@H](Cc1c[nH]c2ccccc12)NC[C@@H](Cc1ccc(-c2ccccc2)cc1)N(C)c1cc(C)cc(C)c1. The number of aryl methyl sites for hydroxylation is 2. The Hall–Kier alpha value is -4.35. The molecule has 0 spiro atoms. The number of rotatable bonds is 11. The van der Waals surface area contributed by atoms with E-state index in [0.29, 0.717) is 13.0 Å². The summed E-state index contributed by atoms with van der Waals surface area (Å²) in [5, 5.41) is 4.71. The van der Waals surface area contributed by atoms with Gasteiger partial charge >= 0.3 is 5.97 Å². The van der Waals surface area contributed by atoms with Gasteiger partial charge in [-0.3, -0.25) is 4.79 Å². The number of esters is 1. The summed E-state index contributed by atoms with van der Waals surface area (Å²) in [4.78, 5) is 18.6. The van der Waals surface area contributed by atoms with Crippen LogP contribution in [0.2, 0.25) is 0 Å². The number of carbonyl (C=O) groups excluding carboxylic acids is 1. The third-order valence-electron chi connectivity index (χ3n) is 7.88. The van der Waals surface area contributed by atoms with Gasteiger partial charge in [0.25, 0.3) is 0 Å². The first-order valence-corrected chi connectivity index (χ1v) is 14.2. The molecule has 0 saturated carbocycles. The molecule has 210 valence electrons. The predicted octanol–water partition coefficient (Wildman–Crippen LogP) is 6.87. The van der Waals surface area contributed by atoms with Crippen molar-refractivity contribution in [1.29, 1.82) is 0 Å². The fourth-order valence-electron chi connectivity index (χ4n) is 5.63. The number of aromatic amines is 1. The van der Waals surface area contributed by atoms with Crippen molar-refractivity contribution < 1.29 is 9.53 Å². The number of nitrogens with zero attached hydrogens (tertiary/aromatic N) is 1. The Morgan fingerprint density at radius 3 is 2.22 bits per heavy atom. The number of methoxy groups -OCH3 is 1. The van der Waals surface area contributed by atoms with Crippen molar-refractivity contribution >= 4 is 22.6 Å². The summed E-state index contributed by atoms with van der Waals surface area (Å²) < 4.78 is 5.23. The van der Waals surface area contributed by atoms with Crippen LogP contribution in [0, 0.1) is 13.8 Å². The Morgan fingerprint density at radius 1 is 0.854 bits per heavy atom. The van der Waals surface area contributed by atoms with E-state index in [0.717, 1.165) is 22.9 Å². The topological polar surface area (TPSA) is 57.4 Å². The van der Waals surface area contributed by atoms with Crippen LogP contribution in [-0.2, 0) is 22.4 Å². The smallest absolute Gasteiger partial charge is 0.323 e. The molecule has 0 amide bonds. The van der Waals surface area contributed by atoms with Crippen molar-refractivity contribution in [3.63, 3.8) is 0 Å². The minimum atomic E-state index is -0.463. The highest BCUT2D eigenvalue weighted by atomic mass is 16.5. The van der Waals surface area contributed by atoms with Crippen LogP contribution in [0.25, 0.3) is 22.0 Å². The molecule has 2 N–H and O–H groups in total. The van der Waals surface area contributed by atoms with E-state index < -0.39 is 6.04 Å². The maximum atomic E-state index is 12.9. The van der Waals surface area contributed by atoms with Gasteiger partial charge in [0.15, 0.2) is 0 Å². The highest BCUT2D eigenvalue weighted by molar-refractivity contribution is 5.84. The van der Waals surface area contributed by atoms with Crippen molar-refractivity contribution in [3.8, 4) is 11.1 Å². The average Bonchev–Trinajstić information content (AvgIpc) is 3.40. The summed E-state index contributed by atoms with van der Waals surface area (Å²) in [7, 11) is 3.60. The van der Waals surface area contributed by atoms with Gasteiger partial charge in [-0.05, 0) is 71.8 Å². The highest BCUT2D eigenvalue weighted by Crippen LogP contribution is 2.24. The van der Waals surface area contributed by atoms with Gasteiger partial charge in [0.05, 0.1) is 7.11 Å². The fraction of sp³-hybridized carbons (Fsp3) is 0.250. The Balaban J connectivity index is 1.38. The van der Waals surface area contributed by atoms with Gasteiger partial charge < -0.3 is 19.9 Å². The van der Waals surface area contributed by atoms with Crippen LogP contribution >= 0.6 is 0 Å². The number of hydrogen-bond donors (Lipinski definition) is 2. The normalized spacial score (nSPS) is 12.7. The zero-order valence-corrected chi connectivity index (χ0v) is 24.4. The highest BCUT2D eigenvalue weighted by Gasteiger charge is 2.24. The van der Waals surface area contributed by atoms with Crippen molar-refractivity contribution in [2.75, 3.05) is 25.6 Å². The quantitative estimate of drug-likeness (QED) is 0.178. The molecule has 0 saturated heterocycles.